The lowest BCUT2D eigenvalue weighted by Crippen LogP contribution is -2.52. The largest absolute Gasteiger partial charge is 0.348 e. The van der Waals surface area contributed by atoms with E-state index in [2.05, 4.69) is 5.32 Å². The maximum Gasteiger partial charge on any atom is 0.251 e. The molecule has 1 aliphatic heterocycles. The summed E-state index contributed by atoms with van der Waals surface area (Å²) in [6, 6.07) is 14.2. The van der Waals surface area contributed by atoms with Gasteiger partial charge in [-0.05, 0) is 48.6 Å². The highest BCUT2D eigenvalue weighted by Gasteiger charge is 2.49. The second kappa shape index (κ2) is 7.05. The molecule has 1 amide bonds. The third-order valence-electron chi connectivity index (χ3n) is 5.38. The fourth-order valence-corrected chi connectivity index (χ4v) is 6.06. The topological polar surface area (TPSA) is 66.5 Å². The predicted octanol–water partition coefficient (Wildman–Crippen LogP) is 2.55. The molecule has 2 fully saturated rings. The Hall–Kier alpha value is -2.25. The lowest BCUT2D eigenvalue weighted by atomic mass is 10.1. The third-order valence-corrected chi connectivity index (χ3v) is 7.22. The number of carbonyl (C=O) groups excluding carboxylic acids is 1. The Morgan fingerprint density at radius 2 is 1.89 bits per heavy atom. The van der Waals surface area contributed by atoms with Gasteiger partial charge in [-0.1, -0.05) is 30.3 Å². The van der Waals surface area contributed by atoms with Gasteiger partial charge in [-0.3, -0.25) is 4.79 Å². The molecule has 0 radical (unpaired) electrons. The van der Waals surface area contributed by atoms with E-state index >= 15 is 0 Å². The Kier molecular flexibility index (Phi) is 4.74. The molecule has 1 heterocycles. The molecule has 1 aliphatic carbocycles. The summed E-state index contributed by atoms with van der Waals surface area (Å²) in [5.41, 5.74) is 0.997. The van der Waals surface area contributed by atoms with Crippen LogP contribution >= 0.6 is 0 Å². The van der Waals surface area contributed by atoms with Crippen LogP contribution < -0.4 is 5.32 Å². The summed E-state index contributed by atoms with van der Waals surface area (Å²) in [6.45, 7) is 0.472. The van der Waals surface area contributed by atoms with Gasteiger partial charge in [0.05, 0.1) is 5.75 Å². The highest BCUT2D eigenvalue weighted by atomic mass is 32.2. The number of carbonyl (C=O) groups is 1. The minimum absolute atomic E-state index is 0.185. The number of rotatable bonds is 5. The minimum Gasteiger partial charge on any atom is -0.348 e. The maximum atomic E-state index is 13.4. The Morgan fingerprint density at radius 3 is 2.59 bits per heavy atom. The zero-order valence-electron chi connectivity index (χ0n) is 14.7. The number of halogens is 1. The number of nitrogens with zero attached hydrogens (tertiary/aromatic N) is 1. The van der Waals surface area contributed by atoms with Crippen LogP contribution in [-0.2, 0) is 15.8 Å². The first-order chi connectivity index (χ1) is 12.9. The van der Waals surface area contributed by atoms with Gasteiger partial charge >= 0.3 is 0 Å². The van der Waals surface area contributed by atoms with Crippen LogP contribution in [0.1, 0.15) is 28.8 Å². The summed E-state index contributed by atoms with van der Waals surface area (Å²) in [6.07, 6.45) is 1.54. The van der Waals surface area contributed by atoms with Crippen molar-refractivity contribution in [1.29, 1.82) is 0 Å². The molecule has 1 N–H and O–H groups in total. The molecular weight excluding hydrogens is 367 g/mol. The fourth-order valence-electron chi connectivity index (χ4n) is 4.21. The van der Waals surface area contributed by atoms with Gasteiger partial charge in [0.1, 0.15) is 5.82 Å². The van der Waals surface area contributed by atoms with Crippen molar-refractivity contribution >= 4 is 15.9 Å². The monoisotopic (exact) mass is 388 g/mol. The van der Waals surface area contributed by atoms with Crippen LogP contribution in [-0.4, -0.2) is 37.3 Å². The predicted molar refractivity (Wildman–Crippen MR) is 99.9 cm³/mol. The molecule has 1 saturated heterocycles. The van der Waals surface area contributed by atoms with E-state index in [0.29, 0.717) is 17.7 Å². The van der Waals surface area contributed by atoms with E-state index in [1.165, 1.54) is 22.5 Å². The van der Waals surface area contributed by atoms with Crippen LogP contribution in [0.5, 0.6) is 0 Å². The van der Waals surface area contributed by atoms with E-state index in [0.717, 1.165) is 12.8 Å². The number of benzene rings is 2. The molecule has 0 aromatic heterocycles. The first-order valence-electron chi connectivity index (χ1n) is 9.02. The molecule has 3 atom stereocenters. The highest BCUT2D eigenvalue weighted by molar-refractivity contribution is 7.88. The standard InChI is InChI=1S/C20H21FN2O3S/c21-17-8-4-5-14(9-17)13-27(25,26)23-12-15-10-18(19(23)11-15)22-20(24)16-6-2-1-3-7-16/h1-9,15,18-19H,10-13H2,(H,22,24)/t15-,18+,19-/m1/s1. The van der Waals surface area contributed by atoms with Crippen LogP contribution in [0, 0.1) is 11.7 Å². The first-order valence-corrected chi connectivity index (χ1v) is 10.6. The van der Waals surface area contributed by atoms with Crippen LogP contribution in [0.25, 0.3) is 0 Å². The van der Waals surface area contributed by atoms with Gasteiger partial charge in [0, 0.05) is 24.2 Å². The number of nitrogens with one attached hydrogen (secondary N) is 1. The van der Waals surface area contributed by atoms with E-state index in [-0.39, 0.29) is 29.7 Å². The van der Waals surface area contributed by atoms with Gasteiger partial charge in [0.2, 0.25) is 10.0 Å². The number of hydrogen-bond acceptors (Lipinski definition) is 3. The number of piperidine rings is 1. The second-order valence-electron chi connectivity index (χ2n) is 7.31. The van der Waals surface area contributed by atoms with Crippen molar-refractivity contribution in [2.45, 2.75) is 30.7 Å². The van der Waals surface area contributed by atoms with E-state index < -0.39 is 15.8 Å². The normalized spacial score (nSPS) is 24.9. The Bertz CT molecular complexity index is 949. The van der Waals surface area contributed by atoms with E-state index in [1.54, 1.807) is 30.3 Å². The van der Waals surface area contributed by atoms with Crippen molar-refractivity contribution < 1.29 is 17.6 Å². The summed E-state index contributed by atoms with van der Waals surface area (Å²) in [4.78, 5) is 12.4. The lowest BCUT2D eigenvalue weighted by Gasteiger charge is -2.33. The highest BCUT2D eigenvalue weighted by Crippen LogP contribution is 2.40. The molecule has 27 heavy (non-hydrogen) atoms. The van der Waals surface area contributed by atoms with Crippen molar-refractivity contribution in [3.8, 4) is 0 Å². The van der Waals surface area contributed by atoms with Gasteiger partial charge in [0.25, 0.3) is 5.91 Å². The van der Waals surface area contributed by atoms with Gasteiger partial charge in [-0.25, -0.2) is 12.8 Å². The number of fused-ring (bicyclic) bond motifs is 2. The van der Waals surface area contributed by atoms with Crippen molar-refractivity contribution in [1.82, 2.24) is 9.62 Å². The summed E-state index contributed by atoms with van der Waals surface area (Å²) < 4.78 is 40.7. The number of hydrogen-bond donors (Lipinski definition) is 1. The number of amides is 1. The van der Waals surface area contributed by atoms with Gasteiger partial charge in [-0.15, -0.1) is 0 Å². The molecule has 1 saturated carbocycles. The third kappa shape index (κ3) is 3.75. The molecule has 142 valence electrons. The quantitative estimate of drug-likeness (QED) is 0.856. The Balaban J connectivity index is 1.48. The zero-order chi connectivity index (χ0) is 19.0. The zero-order valence-corrected chi connectivity index (χ0v) is 15.5. The average Bonchev–Trinajstić information content (AvgIpc) is 3.23. The van der Waals surface area contributed by atoms with E-state index in [1.807, 2.05) is 6.07 Å². The van der Waals surface area contributed by atoms with E-state index in [4.69, 9.17) is 0 Å². The average molecular weight is 388 g/mol. The second-order valence-corrected chi connectivity index (χ2v) is 9.23. The molecule has 2 bridgehead atoms. The van der Waals surface area contributed by atoms with Crippen LogP contribution in [0.2, 0.25) is 0 Å². The van der Waals surface area contributed by atoms with Crippen molar-refractivity contribution in [2.75, 3.05) is 6.54 Å². The van der Waals surface area contributed by atoms with Crippen molar-refractivity contribution in [3.63, 3.8) is 0 Å². The molecule has 2 aliphatic rings. The van der Waals surface area contributed by atoms with Gasteiger partial charge in [0.15, 0.2) is 0 Å². The molecule has 0 unspecified atom stereocenters. The summed E-state index contributed by atoms with van der Waals surface area (Å²) in [7, 11) is -3.58. The van der Waals surface area contributed by atoms with Crippen molar-refractivity contribution in [3.05, 3.63) is 71.5 Å². The van der Waals surface area contributed by atoms with Crippen LogP contribution in [0.4, 0.5) is 4.39 Å². The first kappa shape index (κ1) is 18.1. The fraction of sp³-hybridized carbons (Fsp3) is 0.350. The molecule has 7 heteroatoms. The number of sulfonamides is 1. The van der Waals surface area contributed by atoms with Gasteiger partial charge in [-0.2, -0.15) is 4.31 Å². The molecule has 5 nitrogen and oxygen atoms in total. The molecule has 0 spiro atoms. The summed E-state index contributed by atoms with van der Waals surface area (Å²) in [5.74, 6) is -0.611. The Morgan fingerprint density at radius 1 is 1.11 bits per heavy atom. The summed E-state index contributed by atoms with van der Waals surface area (Å²) >= 11 is 0. The van der Waals surface area contributed by atoms with Crippen molar-refractivity contribution in [2.24, 2.45) is 5.92 Å². The van der Waals surface area contributed by atoms with E-state index in [9.17, 15) is 17.6 Å². The molecule has 4 rings (SSSR count). The van der Waals surface area contributed by atoms with Gasteiger partial charge < -0.3 is 5.32 Å². The smallest absolute Gasteiger partial charge is 0.251 e. The van der Waals surface area contributed by atoms with Crippen LogP contribution in [0.3, 0.4) is 0 Å². The minimum atomic E-state index is -3.58. The Labute approximate surface area is 158 Å². The van der Waals surface area contributed by atoms with Crippen LogP contribution in [0.15, 0.2) is 54.6 Å². The lowest BCUT2D eigenvalue weighted by molar-refractivity contribution is 0.0917. The SMILES string of the molecule is O=C(N[C@H]1C[C@@H]2C[C@H]1N(S(=O)(=O)Cc1cccc(F)c1)C2)c1ccccc1. The molecule has 2 aromatic rings. The summed E-state index contributed by atoms with van der Waals surface area (Å²) in [5, 5.41) is 3.00. The maximum absolute atomic E-state index is 13.4. The molecule has 2 aromatic carbocycles. The molecular formula is C20H21FN2O3S.